The van der Waals surface area contributed by atoms with Gasteiger partial charge in [-0.1, -0.05) is 0 Å². The Labute approximate surface area is 125 Å². The normalized spacial score (nSPS) is 21.5. The van der Waals surface area contributed by atoms with Crippen molar-refractivity contribution >= 4 is 21.4 Å². The van der Waals surface area contributed by atoms with Gasteiger partial charge in [-0.05, 0) is 45.6 Å². The first-order valence-electron chi connectivity index (χ1n) is 6.85. The Kier molecular flexibility index (Phi) is 5.19. The second-order valence-corrected chi connectivity index (χ2v) is 8.72. The first kappa shape index (κ1) is 15.9. The minimum Gasteiger partial charge on any atom is -0.315 e. The molecule has 1 atom stereocenters. The van der Waals surface area contributed by atoms with Crippen LogP contribution < -0.4 is 5.32 Å². The van der Waals surface area contributed by atoms with Gasteiger partial charge >= 0.3 is 0 Å². The molecule has 0 aromatic carbocycles. The quantitative estimate of drug-likeness (QED) is 0.886. The lowest BCUT2D eigenvalue weighted by atomic mass is 10.1. The van der Waals surface area contributed by atoms with Gasteiger partial charge in [0.1, 0.15) is 4.21 Å². The predicted octanol–water partition coefficient (Wildman–Crippen LogP) is 1.18. The third kappa shape index (κ3) is 3.40. The van der Waals surface area contributed by atoms with Crippen LogP contribution in [0.1, 0.15) is 17.7 Å². The highest BCUT2D eigenvalue weighted by Gasteiger charge is 2.31. The minimum absolute atomic E-state index is 0.0774. The van der Waals surface area contributed by atoms with Crippen LogP contribution in [-0.2, 0) is 16.6 Å². The molecule has 1 N–H and O–H groups in total. The first-order valence-corrected chi connectivity index (χ1v) is 9.10. The van der Waals surface area contributed by atoms with E-state index in [1.807, 2.05) is 20.2 Å². The number of piperidine rings is 1. The Balaban J connectivity index is 2.15. The number of likely N-dealkylation sites (N-methyl/N-ethyl adjacent to an activating group) is 2. The Bertz CT molecular complexity index is 542. The van der Waals surface area contributed by atoms with E-state index in [2.05, 4.69) is 10.2 Å². The molecule has 1 aliphatic heterocycles. The van der Waals surface area contributed by atoms with Crippen LogP contribution in [0.4, 0.5) is 0 Å². The Morgan fingerprint density at radius 1 is 1.50 bits per heavy atom. The molecular weight excluding hydrogens is 294 g/mol. The fourth-order valence-corrected chi connectivity index (χ4v) is 5.47. The summed E-state index contributed by atoms with van der Waals surface area (Å²) in [4.78, 5) is 3.24. The van der Waals surface area contributed by atoms with E-state index in [1.165, 1.54) is 11.3 Å². The van der Waals surface area contributed by atoms with Crippen LogP contribution in [0.15, 0.2) is 16.3 Å². The van der Waals surface area contributed by atoms with Crippen molar-refractivity contribution in [3.8, 4) is 0 Å². The molecule has 1 aromatic heterocycles. The summed E-state index contributed by atoms with van der Waals surface area (Å²) in [6, 6.07) is 3.68. The van der Waals surface area contributed by atoms with Gasteiger partial charge in [0, 0.05) is 31.1 Å². The number of likely N-dealkylation sites (tertiary alicyclic amines) is 1. The van der Waals surface area contributed by atoms with E-state index in [-0.39, 0.29) is 6.04 Å². The molecule has 0 amide bonds. The molecule has 5 nitrogen and oxygen atoms in total. The number of sulfonamides is 1. The van der Waals surface area contributed by atoms with Gasteiger partial charge in [-0.2, -0.15) is 4.31 Å². The van der Waals surface area contributed by atoms with Gasteiger partial charge in [-0.15, -0.1) is 11.3 Å². The van der Waals surface area contributed by atoms with Gasteiger partial charge in [0.15, 0.2) is 0 Å². The maximum Gasteiger partial charge on any atom is 0.252 e. The SMILES string of the molecule is CNCc1ccc(S(=O)(=O)N(C)C2CCCN(C)C2)s1. The average molecular weight is 317 g/mol. The van der Waals surface area contributed by atoms with Gasteiger partial charge in [-0.25, -0.2) is 8.42 Å². The Hall–Kier alpha value is -0.470. The van der Waals surface area contributed by atoms with Crippen molar-refractivity contribution in [3.05, 3.63) is 17.0 Å². The molecule has 0 spiro atoms. The van der Waals surface area contributed by atoms with Gasteiger partial charge in [-0.3, -0.25) is 0 Å². The van der Waals surface area contributed by atoms with E-state index in [0.717, 1.165) is 30.8 Å². The fraction of sp³-hybridized carbons (Fsp3) is 0.692. The molecule has 7 heteroatoms. The monoisotopic (exact) mass is 317 g/mol. The summed E-state index contributed by atoms with van der Waals surface area (Å²) >= 11 is 1.35. The van der Waals surface area contributed by atoms with Crippen molar-refractivity contribution in [2.45, 2.75) is 29.6 Å². The topological polar surface area (TPSA) is 52.7 Å². The number of hydrogen-bond donors (Lipinski definition) is 1. The summed E-state index contributed by atoms with van der Waals surface area (Å²) in [6.45, 7) is 2.57. The predicted molar refractivity (Wildman–Crippen MR) is 82.6 cm³/mol. The second kappa shape index (κ2) is 6.53. The molecule has 1 aromatic rings. The minimum atomic E-state index is -3.36. The van der Waals surface area contributed by atoms with Gasteiger partial charge in [0.05, 0.1) is 0 Å². The average Bonchev–Trinajstić information content (AvgIpc) is 2.87. The van der Waals surface area contributed by atoms with Crippen LogP contribution in [0.3, 0.4) is 0 Å². The largest absolute Gasteiger partial charge is 0.315 e. The maximum atomic E-state index is 12.7. The van der Waals surface area contributed by atoms with Gasteiger partial charge in [0.25, 0.3) is 10.0 Å². The van der Waals surface area contributed by atoms with Crippen LogP contribution >= 0.6 is 11.3 Å². The molecule has 0 saturated carbocycles. The van der Waals surface area contributed by atoms with E-state index >= 15 is 0 Å². The van der Waals surface area contributed by atoms with Crippen molar-refractivity contribution in [3.63, 3.8) is 0 Å². The zero-order valence-corrected chi connectivity index (χ0v) is 13.9. The summed E-state index contributed by atoms with van der Waals surface area (Å²) in [5.74, 6) is 0. The van der Waals surface area contributed by atoms with Crippen LogP contribution in [0.25, 0.3) is 0 Å². The van der Waals surface area contributed by atoms with Gasteiger partial charge in [0.2, 0.25) is 0 Å². The molecule has 1 unspecified atom stereocenters. The smallest absolute Gasteiger partial charge is 0.252 e. The van der Waals surface area contributed by atoms with E-state index in [9.17, 15) is 8.42 Å². The van der Waals surface area contributed by atoms with Crippen molar-refractivity contribution in [1.29, 1.82) is 0 Å². The molecule has 114 valence electrons. The van der Waals surface area contributed by atoms with Crippen LogP contribution in [0, 0.1) is 0 Å². The number of hydrogen-bond acceptors (Lipinski definition) is 5. The first-order chi connectivity index (χ1) is 9.45. The molecule has 2 heterocycles. The molecule has 2 rings (SSSR count). The molecule has 0 bridgehead atoms. The third-order valence-corrected chi connectivity index (χ3v) is 7.20. The van der Waals surface area contributed by atoms with E-state index in [1.54, 1.807) is 17.4 Å². The highest BCUT2D eigenvalue weighted by molar-refractivity contribution is 7.91. The van der Waals surface area contributed by atoms with Crippen molar-refractivity contribution in [2.24, 2.45) is 0 Å². The summed E-state index contributed by atoms with van der Waals surface area (Å²) in [6.07, 6.45) is 1.99. The van der Waals surface area contributed by atoms with E-state index < -0.39 is 10.0 Å². The van der Waals surface area contributed by atoms with Gasteiger partial charge < -0.3 is 10.2 Å². The third-order valence-electron chi connectivity index (χ3n) is 3.74. The summed E-state index contributed by atoms with van der Waals surface area (Å²) < 4.78 is 27.3. The molecule has 20 heavy (non-hydrogen) atoms. The van der Waals surface area contributed by atoms with Crippen LogP contribution in [0.2, 0.25) is 0 Å². The molecule has 1 fully saturated rings. The standard InChI is InChI=1S/C13H23N3O2S2/c1-14-9-12-6-7-13(19-12)20(17,18)16(3)11-5-4-8-15(2)10-11/h6-7,11,14H,4-5,8-10H2,1-3H3. The van der Waals surface area contributed by atoms with Crippen molar-refractivity contribution < 1.29 is 8.42 Å². The fourth-order valence-electron chi connectivity index (χ4n) is 2.54. The molecular formula is C13H23N3O2S2. The lowest BCUT2D eigenvalue weighted by molar-refractivity contribution is 0.188. The number of thiophene rings is 1. The number of nitrogens with zero attached hydrogens (tertiary/aromatic N) is 2. The summed E-state index contributed by atoms with van der Waals surface area (Å²) in [7, 11) is 2.25. The number of rotatable bonds is 5. The Morgan fingerprint density at radius 2 is 2.25 bits per heavy atom. The molecule has 1 aliphatic rings. The second-order valence-electron chi connectivity index (χ2n) is 5.33. The van der Waals surface area contributed by atoms with E-state index in [0.29, 0.717) is 10.8 Å². The van der Waals surface area contributed by atoms with Crippen LogP contribution in [-0.4, -0.2) is 57.9 Å². The summed E-state index contributed by atoms with van der Waals surface area (Å²) in [5, 5.41) is 3.04. The van der Waals surface area contributed by atoms with Crippen molar-refractivity contribution in [2.75, 3.05) is 34.2 Å². The van der Waals surface area contributed by atoms with Crippen LogP contribution in [0.5, 0.6) is 0 Å². The lowest BCUT2D eigenvalue weighted by Crippen LogP contribution is -2.47. The zero-order chi connectivity index (χ0) is 14.8. The summed E-state index contributed by atoms with van der Waals surface area (Å²) in [5.41, 5.74) is 0. The number of nitrogens with one attached hydrogen (secondary N) is 1. The highest BCUT2D eigenvalue weighted by Crippen LogP contribution is 2.27. The lowest BCUT2D eigenvalue weighted by Gasteiger charge is -2.34. The Morgan fingerprint density at radius 3 is 2.90 bits per heavy atom. The molecule has 1 saturated heterocycles. The van der Waals surface area contributed by atoms with E-state index in [4.69, 9.17) is 0 Å². The molecule has 0 radical (unpaired) electrons. The van der Waals surface area contributed by atoms with Crippen molar-refractivity contribution in [1.82, 2.24) is 14.5 Å². The zero-order valence-electron chi connectivity index (χ0n) is 12.3. The maximum absolute atomic E-state index is 12.7. The highest BCUT2D eigenvalue weighted by atomic mass is 32.2. The molecule has 0 aliphatic carbocycles.